The minimum atomic E-state index is -0.0702. The normalized spacial score (nSPS) is 10.9. The van der Waals surface area contributed by atoms with Crippen molar-refractivity contribution in [3.05, 3.63) is 52.7 Å². The fourth-order valence-electron chi connectivity index (χ4n) is 2.22. The molecule has 0 bridgehead atoms. The topological polar surface area (TPSA) is 79.0 Å². The molecule has 0 aliphatic rings. The number of hydrogen-bond acceptors (Lipinski definition) is 4. The van der Waals surface area contributed by atoms with E-state index in [1.807, 2.05) is 31.2 Å². The molecule has 3 rings (SSSR count). The van der Waals surface area contributed by atoms with Crippen LogP contribution in [0, 0.1) is 6.92 Å². The first kappa shape index (κ1) is 12.3. The monoisotopic (exact) mass is 270 g/mol. The molecule has 6 heteroatoms. The molecule has 6 nitrogen and oxygen atoms in total. The molecule has 1 aromatic carbocycles. The summed E-state index contributed by atoms with van der Waals surface area (Å²) in [7, 11) is 1.73. The van der Waals surface area contributed by atoms with Crippen LogP contribution in [0.3, 0.4) is 0 Å². The summed E-state index contributed by atoms with van der Waals surface area (Å²) in [4.78, 5) is 12.0. The van der Waals surface area contributed by atoms with Crippen LogP contribution in [0.2, 0.25) is 0 Å². The van der Waals surface area contributed by atoms with Crippen molar-refractivity contribution < 1.29 is 4.52 Å². The lowest BCUT2D eigenvalue weighted by atomic mass is 10.1. The van der Waals surface area contributed by atoms with Gasteiger partial charge in [0.1, 0.15) is 0 Å². The first-order valence-electron chi connectivity index (χ1n) is 6.14. The maximum absolute atomic E-state index is 12.0. The molecule has 0 fully saturated rings. The average molecular weight is 270 g/mol. The van der Waals surface area contributed by atoms with Crippen LogP contribution in [0.25, 0.3) is 17.0 Å². The molecule has 0 amide bonds. The minimum Gasteiger partial charge on any atom is -0.381 e. The maximum Gasteiger partial charge on any atom is 0.332 e. The molecule has 0 unspecified atom stereocenters. The van der Waals surface area contributed by atoms with Crippen molar-refractivity contribution in [2.75, 3.05) is 5.73 Å². The second kappa shape index (κ2) is 4.41. The molecule has 0 aliphatic carbocycles. The molecule has 2 aromatic heterocycles. The summed E-state index contributed by atoms with van der Waals surface area (Å²) in [6.45, 7) is 1.90. The van der Waals surface area contributed by atoms with Gasteiger partial charge in [-0.05, 0) is 31.2 Å². The van der Waals surface area contributed by atoms with Crippen molar-refractivity contribution in [1.29, 1.82) is 0 Å². The highest BCUT2D eigenvalue weighted by Crippen LogP contribution is 2.22. The number of anilines is 1. The largest absolute Gasteiger partial charge is 0.381 e. The lowest BCUT2D eigenvalue weighted by Gasteiger charge is -2.04. The van der Waals surface area contributed by atoms with E-state index in [1.54, 1.807) is 28.4 Å². The Morgan fingerprint density at radius 2 is 1.95 bits per heavy atom. The predicted molar refractivity (Wildman–Crippen MR) is 75.7 cm³/mol. The van der Waals surface area contributed by atoms with E-state index in [0.717, 1.165) is 16.9 Å². The molecule has 0 saturated heterocycles. The molecule has 2 N–H and O–H groups in total. The summed E-state index contributed by atoms with van der Waals surface area (Å²) in [5.41, 5.74) is 8.01. The van der Waals surface area contributed by atoms with Crippen LogP contribution < -0.4 is 11.4 Å². The Kier molecular flexibility index (Phi) is 2.71. The molecule has 3 aromatic rings. The number of rotatable bonds is 2. The van der Waals surface area contributed by atoms with Crippen LogP contribution in [-0.4, -0.2) is 14.3 Å². The van der Waals surface area contributed by atoms with E-state index >= 15 is 0 Å². The van der Waals surface area contributed by atoms with Crippen molar-refractivity contribution in [1.82, 2.24) is 14.3 Å². The molecule has 0 spiro atoms. The fourth-order valence-corrected chi connectivity index (χ4v) is 2.22. The van der Waals surface area contributed by atoms with Crippen LogP contribution in [0.15, 0.2) is 45.8 Å². The van der Waals surface area contributed by atoms with Gasteiger partial charge in [0.2, 0.25) is 0 Å². The summed E-state index contributed by atoms with van der Waals surface area (Å²) >= 11 is 0. The number of aryl methyl sites for hydroxylation is 2. The zero-order valence-corrected chi connectivity index (χ0v) is 11.2. The van der Waals surface area contributed by atoms with Gasteiger partial charge in [0, 0.05) is 30.6 Å². The van der Waals surface area contributed by atoms with Gasteiger partial charge in [-0.2, -0.15) is 0 Å². The Hall–Kier alpha value is -2.76. The van der Waals surface area contributed by atoms with Gasteiger partial charge in [-0.1, -0.05) is 5.16 Å². The van der Waals surface area contributed by atoms with Crippen LogP contribution >= 0.6 is 0 Å². The zero-order valence-electron chi connectivity index (χ0n) is 11.2. The highest BCUT2D eigenvalue weighted by Gasteiger charge is 2.09. The Bertz CT molecular complexity index is 809. The van der Waals surface area contributed by atoms with E-state index in [-0.39, 0.29) is 5.69 Å². The van der Waals surface area contributed by atoms with Crippen molar-refractivity contribution in [2.45, 2.75) is 6.92 Å². The number of nitrogens with two attached hydrogens (primary N) is 1. The first-order chi connectivity index (χ1) is 9.56. The molecule has 0 saturated carbocycles. The van der Waals surface area contributed by atoms with Gasteiger partial charge >= 0.3 is 5.69 Å². The number of hydrogen-bond donors (Lipinski definition) is 1. The summed E-state index contributed by atoms with van der Waals surface area (Å²) in [5, 5.41) is 3.65. The van der Waals surface area contributed by atoms with Gasteiger partial charge in [0.15, 0.2) is 11.6 Å². The second-order valence-corrected chi connectivity index (χ2v) is 4.66. The number of imidazole rings is 1. The van der Waals surface area contributed by atoms with Crippen molar-refractivity contribution >= 4 is 5.82 Å². The Labute approximate surface area is 115 Å². The van der Waals surface area contributed by atoms with E-state index in [4.69, 9.17) is 10.3 Å². The molecule has 0 radical (unpaired) electrons. The van der Waals surface area contributed by atoms with Gasteiger partial charge < -0.3 is 14.8 Å². The van der Waals surface area contributed by atoms with Crippen LogP contribution in [0.1, 0.15) is 5.69 Å². The van der Waals surface area contributed by atoms with Crippen LogP contribution in [0.4, 0.5) is 5.82 Å². The highest BCUT2D eigenvalue weighted by molar-refractivity contribution is 5.61. The van der Waals surface area contributed by atoms with E-state index in [9.17, 15) is 4.79 Å². The molecule has 0 atom stereocenters. The third-order valence-electron chi connectivity index (χ3n) is 3.16. The van der Waals surface area contributed by atoms with Crippen LogP contribution in [0.5, 0.6) is 0 Å². The molecular weight excluding hydrogens is 256 g/mol. The van der Waals surface area contributed by atoms with Gasteiger partial charge in [0.25, 0.3) is 0 Å². The first-order valence-corrected chi connectivity index (χ1v) is 6.14. The number of nitrogen functional groups attached to an aromatic ring is 1. The van der Waals surface area contributed by atoms with E-state index in [1.165, 1.54) is 0 Å². The SMILES string of the molecule is Cc1cn(C)c(=O)n1-c1ccc(-c2cc(N)no2)cc1. The lowest BCUT2D eigenvalue weighted by molar-refractivity contribution is 0.436. The second-order valence-electron chi connectivity index (χ2n) is 4.66. The van der Waals surface area contributed by atoms with Gasteiger partial charge in [-0.15, -0.1) is 0 Å². The van der Waals surface area contributed by atoms with Gasteiger partial charge in [0.05, 0.1) is 5.69 Å². The standard InChI is InChI=1S/C14H14N4O2/c1-9-8-17(2)14(19)18(9)11-5-3-10(4-6-11)12-7-13(15)16-20-12/h3-8H,1-2H3,(H2,15,16). The molecule has 2 heterocycles. The van der Waals surface area contributed by atoms with Crippen molar-refractivity contribution in [2.24, 2.45) is 7.05 Å². The summed E-state index contributed by atoms with van der Waals surface area (Å²) in [6, 6.07) is 9.13. The van der Waals surface area contributed by atoms with Gasteiger partial charge in [-0.3, -0.25) is 4.57 Å². The van der Waals surface area contributed by atoms with E-state index in [2.05, 4.69) is 5.16 Å². The average Bonchev–Trinajstić information content (AvgIpc) is 2.95. The smallest absolute Gasteiger partial charge is 0.332 e. The van der Waals surface area contributed by atoms with E-state index in [0.29, 0.717) is 11.6 Å². The van der Waals surface area contributed by atoms with E-state index < -0.39 is 0 Å². The van der Waals surface area contributed by atoms with Crippen molar-refractivity contribution in [3.63, 3.8) is 0 Å². The number of benzene rings is 1. The Balaban J connectivity index is 2.03. The summed E-state index contributed by atoms with van der Waals surface area (Å²) < 4.78 is 8.31. The number of aromatic nitrogens is 3. The molecular formula is C14H14N4O2. The zero-order chi connectivity index (χ0) is 14.3. The maximum atomic E-state index is 12.0. The quantitative estimate of drug-likeness (QED) is 0.769. The molecule has 102 valence electrons. The fraction of sp³-hybridized carbons (Fsp3) is 0.143. The lowest BCUT2D eigenvalue weighted by Crippen LogP contribution is -2.21. The minimum absolute atomic E-state index is 0.0702. The third kappa shape index (κ3) is 1.91. The van der Waals surface area contributed by atoms with Gasteiger partial charge in [-0.25, -0.2) is 4.79 Å². The Morgan fingerprint density at radius 1 is 1.25 bits per heavy atom. The summed E-state index contributed by atoms with van der Waals surface area (Å²) in [5.74, 6) is 0.949. The predicted octanol–water partition coefficient (Wildman–Crippen LogP) is 1.72. The number of nitrogens with zero attached hydrogens (tertiary/aromatic N) is 3. The van der Waals surface area contributed by atoms with Crippen molar-refractivity contribution in [3.8, 4) is 17.0 Å². The highest BCUT2D eigenvalue weighted by atomic mass is 16.5. The summed E-state index contributed by atoms with van der Waals surface area (Å²) in [6.07, 6.45) is 1.80. The third-order valence-corrected chi connectivity index (χ3v) is 3.16. The molecule has 20 heavy (non-hydrogen) atoms. The molecule has 0 aliphatic heterocycles. The van der Waals surface area contributed by atoms with Crippen LogP contribution in [-0.2, 0) is 7.05 Å². The Morgan fingerprint density at radius 3 is 2.45 bits per heavy atom.